The molecule has 2 heterocycles. The Morgan fingerprint density at radius 3 is 2.73 bits per heavy atom. The van der Waals surface area contributed by atoms with E-state index in [0.29, 0.717) is 28.2 Å². The summed E-state index contributed by atoms with van der Waals surface area (Å²) in [5.74, 6) is -0.706. The van der Waals surface area contributed by atoms with Crippen molar-refractivity contribution in [2.75, 3.05) is 17.2 Å². The van der Waals surface area contributed by atoms with Gasteiger partial charge in [0, 0.05) is 17.8 Å². The summed E-state index contributed by atoms with van der Waals surface area (Å²) >= 11 is 1.51. The zero-order chi connectivity index (χ0) is 23.2. The molecule has 0 aliphatic heterocycles. The minimum atomic E-state index is -0.479. The minimum Gasteiger partial charge on any atom is -0.365 e. The Morgan fingerprint density at radius 2 is 1.97 bits per heavy atom. The molecule has 0 aliphatic carbocycles. The van der Waals surface area contributed by atoms with E-state index in [-0.39, 0.29) is 17.9 Å². The van der Waals surface area contributed by atoms with Crippen molar-refractivity contribution in [1.82, 2.24) is 9.97 Å². The lowest BCUT2D eigenvalue weighted by Gasteiger charge is -2.11. The molecule has 0 atom stereocenters. The molecule has 0 bridgehead atoms. The Kier molecular flexibility index (Phi) is 6.85. The van der Waals surface area contributed by atoms with Gasteiger partial charge in [0.25, 0.3) is 5.91 Å². The molecule has 2 aromatic heterocycles. The van der Waals surface area contributed by atoms with Crippen molar-refractivity contribution >= 4 is 39.8 Å². The van der Waals surface area contributed by atoms with Crippen LogP contribution in [0.3, 0.4) is 0 Å². The highest BCUT2D eigenvalue weighted by Gasteiger charge is 2.13. The topological polar surface area (TPSA) is 66.9 Å². The maximum absolute atomic E-state index is 13.7. The van der Waals surface area contributed by atoms with E-state index in [1.54, 1.807) is 37.3 Å². The first-order chi connectivity index (χ1) is 16.0. The van der Waals surface area contributed by atoms with Crippen LogP contribution in [0, 0.1) is 5.82 Å². The van der Waals surface area contributed by atoms with Crippen molar-refractivity contribution in [3.63, 3.8) is 0 Å². The average Bonchev–Trinajstić information content (AvgIpc) is 3.33. The lowest BCUT2D eigenvalue weighted by molar-refractivity contribution is 0.102. The second kappa shape index (κ2) is 10.1. The molecule has 5 nitrogen and oxygen atoms in total. The third kappa shape index (κ3) is 5.48. The van der Waals surface area contributed by atoms with Crippen LogP contribution in [0.2, 0.25) is 0 Å². The number of allylic oxidation sites excluding steroid dienone is 3. The number of benzene rings is 2. The summed E-state index contributed by atoms with van der Waals surface area (Å²) in [4.78, 5) is 22.8. The molecule has 0 radical (unpaired) electrons. The predicted octanol–water partition coefficient (Wildman–Crippen LogP) is 6.59. The molecule has 0 spiro atoms. The van der Waals surface area contributed by atoms with Gasteiger partial charge in [0.05, 0.1) is 15.9 Å². The van der Waals surface area contributed by atoms with Crippen LogP contribution in [0.25, 0.3) is 21.6 Å². The molecular formula is C25H20F2N4OS. The number of hydrogen-bond acceptors (Lipinski definition) is 5. The zero-order valence-electron chi connectivity index (χ0n) is 17.7. The van der Waals surface area contributed by atoms with Crippen molar-refractivity contribution in [3.05, 3.63) is 95.4 Å². The summed E-state index contributed by atoms with van der Waals surface area (Å²) in [6.07, 6.45) is 4.44. The molecule has 2 aromatic carbocycles. The first-order valence-corrected chi connectivity index (χ1v) is 11.1. The van der Waals surface area contributed by atoms with E-state index in [2.05, 4.69) is 15.6 Å². The maximum atomic E-state index is 13.7. The van der Waals surface area contributed by atoms with Gasteiger partial charge in [-0.05, 0) is 66.9 Å². The fourth-order valence-corrected chi connectivity index (χ4v) is 3.86. The highest BCUT2D eigenvalue weighted by Crippen LogP contribution is 2.31. The van der Waals surface area contributed by atoms with E-state index in [1.807, 2.05) is 17.5 Å². The van der Waals surface area contributed by atoms with E-state index in [0.717, 1.165) is 4.88 Å². The molecule has 0 unspecified atom stereocenters. The van der Waals surface area contributed by atoms with Crippen LogP contribution in [0.4, 0.5) is 20.3 Å². The quantitative estimate of drug-likeness (QED) is 0.304. The van der Waals surface area contributed by atoms with Crippen LogP contribution >= 0.6 is 11.3 Å². The molecule has 0 aliphatic rings. The highest BCUT2D eigenvalue weighted by atomic mass is 32.1. The maximum Gasteiger partial charge on any atom is 0.255 e. The summed E-state index contributed by atoms with van der Waals surface area (Å²) in [6.45, 7) is 2.00. The van der Waals surface area contributed by atoms with Crippen LogP contribution in [-0.2, 0) is 0 Å². The van der Waals surface area contributed by atoms with Crippen LogP contribution in [0.1, 0.15) is 17.3 Å². The van der Waals surface area contributed by atoms with Crippen molar-refractivity contribution in [3.8, 4) is 10.6 Å². The van der Waals surface area contributed by atoms with Crippen molar-refractivity contribution < 1.29 is 13.6 Å². The monoisotopic (exact) mass is 462 g/mol. The number of anilines is 2. The molecule has 166 valence electrons. The number of hydrogen-bond donors (Lipinski definition) is 2. The molecular weight excluding hydrogens is 442 g/mol. The molecule has 2 N–H and O–H groups in total. The standard InChI is InChI=1S/C25H20F2N4OS/c1-2-5-17(26)11-12-28-24-23(22-8-4-13-33-22)30-21-15-19(9-10-20(21)31-24)29-25(32)16-6-3-7-18(27)14-16/h2-11,13-15H,12H2,1H3,(H,28,31)(H,29,32)/b5-2-,17-11+. The molecule has 1 amide bonds. The summed E-state index contributed by atoms with van der Waals surface area (Å²) < 4.78 is 27.1. The molecule has 0 saturated carbocycles. The number of rotatable bonds is 7. The van der Waals surface area contributed by atoms with Gasteiger partial charge in [-0.25, -0.2) is 18.7 Å². The Balaban J connectivity index is 1.64. The smallest absolute Gasteiger partial charge is 0.255 e. The van der Waals surface area contributed by atoms with E-state index in [1.165, 1.54) is 41.7 Å². The number of carbonyl (C=O) groups is 1. The Morgan fingerprint density at radius 1 is 1.09 bits per heavy atom. The number of nitrogens with zero attached hydrogens (tertiary/aromatic N) is 2. The SMILES string of the molecule is C/C=C\C(F)=C/CNc1nc2ccc(NC(=O)c3cccc(F)c3)cc2nc1-c1cccs1. The number of thiophene rings is 1. The summed E-state index contributed by atoms with van der Waals surface area (Å²) in [5.41, 5.74) is 2.56. The van der Waals surface area contributed by atoms with Gasteiger partial charge in [-0.3, -0.25) is 4.79 Å². The third-order valence-electron chi connectivity index (χ3n) is 4.66. The first-order valence-electron chi connectivity index (χ1n) is 10.2. The molecule has 8 heteroatoms. The van der Waals surface area contributed by atoms with Gasteiger partial charge in [0.2, 0.25) is 0 Å². The van der Waals surface area contributed by atoms with Crippen molar-refractivity contribution in [1.29, 1.82) is 0 Å². The lowest BCUT2D eigenvalue weighted by atomic mass is 10.2. The van der Waals surface area contributed by atoms with Gasteiger partial charge < -0.3 is 10.6 Å². The molecule has 33 heavy (non-hydrogen) atoms. The van der Waals surface area contributed by atoms with Gasteiger partial charge in [-0.2, -0.15) is 0 Å². The van der Waals surface area contributed by atoms with E-state index in [9.17, 15) is 13.6 Å². The fraction of sp³-hybridized carbons (Fsp3) is 0.0800. The van der Waals surface area contributed by atoms with Crippen molar-refractivity contribution in [2.24, 2.45) is 0 Å². The van der Waals surface area contributed by atoms with Crippen LogP contribution in [0.5, 0.6) is 0 Å². The highest BCUT2D eigenvalue weighted by molar-refractivity contribution is 7.13. The van der Waals surface area contributed by atoms with Gasteiger partial charge in [0.1, 0.15) is 17.3 Å². The average molecular weight is 463 g/mol. The second-order valence-electron chi connectivity index (χ2n) is 7.04. The normalized spacial score (nSPS) is 11.8. The summed E-state index contributed by atoms with van der Waals surface area (Å²) in [7, 11) is 0. The van der Waals surface area contributed by atoms with E-state index >= 15 is 0 Å². The third-order valence-corrected chi connectivity index (χ3v) is 5.53. The number of fused-ring (bicyclic) bond motifs is 1. The van der Waals surface area contributed by atoms with Crippen LogP contribution in [-0.4, -0.2) is 22.4 Å². The number of carbonyl (C=O) groups excluding carboxylic acids is 1. The largest absolute Gasteiger partial charge is 0.365 e. The summed E-state index contributed by atoms with van der Waals surface area (Å²) in [6, 6.07) is 14.5. The van der Waals surface area contributed by atoms with Crippen LogP contribution in [0.15, 0.2) is 84.0 Å². The van der Waals surface area contributed by atoms with Gasteiger partial charge in [-0.1, -0.05) is 18.2 Å². The number of amides is 1. The van der Waals surface area contributed by atoms with Crippen LogP contribution < -0.4 is 10.6 Å². The fourth-order valence-electron chi connectivity index (χ4n) is 3.15. The van der Waals surface area contributed by atoms with Gasteiger partial charge in [-0.15, -0.1) is 11.3 Å². The molecule has 4 rings (SSSR count). The predicted molar refractivity (Wildman–Crippen MR) is 130 cm³/mol. The number of halogens is 2. The zero-order valence-corrected chi connectivity index (χ0v) is 18.5. The minimum absolute atomic E-state index is 0.221. The Hall–Kier alpha value is -3.91. The number of aromatic nitrogens is 2. The molecule has 0 fully saturated rings. The van der Waals surface area contributed by atoms with E-state index < -0.39 is 11.7 Å². The summed E-state index contributed by atoms with van der Waals surface area (Å²) in [5, 5.41) is 7.83. The first kappa shape index (κ1) is 22.3. The Labute approximate surface area is 193 Å². The van der Waals surface area contributed by atoms with E-state index in [4.69, 9.17) is 4.98 Å². The number of nitrogens with one attached hydrogen (secondary N) is 2. The van der Waals surface area contributed by atoms with Crippen molar-refractivity contribution in [2.45, 2.75) is 6.92 Å². The Bertz CT molecular complexity index is 1350. The van der Waals surface area contributed by atoms with Gasteiger partial charge >= 0.3 is 0 Å². The van der Waals surface area contributed by atoms with Gasteiger partial charge in [0.15, 0.2) is 5.82 Å². The second-order valence-corrected chi connectivity index (χ2v) is 7.98. The lowest BCUT2D eigenvalue weighted by Crippen LogP contribution is -2.12. The molecule has 4 aromatic rings. The molecule has 0 saturated heterocycles.